The van der Waals surface area contributed by atoms with Crippen molar-refractivity contribution in [3.05, 3.63) is 22.8 Å². The Morgan fingerprint density at radius 3 is 3.06 bits per heavy atom. The van der Waals surface area contributed by atoms with Gasteiger partial charge in [0.05, 0.1) is 0 Å². The second-order valence-electron chi connectivity index (χ2n) is 4.17. The van der Waals surface area contributed by atoms with Crippen LogP contribution in [0.2, 0.25) is 0 Å². The largest absolute Gasteiger partial charge is 0.396 e. The molecule has 3 nitrogen and oxygen atoms in total. The molecule has 1 aliphatic rings. The molecule has 0 aromatic carbocycles. The Morgan fingerprint density at radius 1 is 1.44 bits per heavy atom. The molecule has 1 unspecified atom stereocenters. The summed E-state index contributed by atoms with van der Waals surface area (Å²) >= 11 is 3.40. The van der Waals surface area contributed by atoms with E-state index in [1.807, 2.05) is 18.2 Å². The van der Waals surface area contributed by atoms with Crippen molar-refractivity contribution < 1.29 is 5.11 Å². The van der Waals surface area contributed by atoms with Gasteiger partial charge in [-0.25, -0.2) is 4.98 Å². The van der Waals surface area contributed by atoms with Crippen LogP contribution in [-0.4, -0.2) is 29.3 Å². The molecule has 1 fully saturated rings. The number of anilines is 1. The van der Waals surface area contributed by atoms with E-state index in [1.165, 1.54) is 12.8 Å². The fourth-order valence-electron chi connectivity index (χ4n) is 2.31. The van der Waals surface area contributed by atoms with Gasteiger partial charge in [-0.3, -0.25) is 0 Å². The molecule has 1 atom stereocenters. The van der Waals surface area contributed by atoms with Gasteiger partial charge in [-0.2, -0.15) is 0 Å². The fourth-order valence-corrected chi connectivity index (χ4v) is 2.64. The Hall–Kier alpha value is -0.610. The second-order valence-corrected chi connectivity index (χ2v) is 4.99. The van der Waals surface area contributed by atoms with Gasteiger partial charge in [-0.05, 0) is 53.7 Å². The number of halogens is 1. The van der Waals surface area contributed by atoms with E-state index in [0.29, 0.717) is 6.04 Å². The van der Waals surface area contributed by atoms with Crippen molar-refractivity contribution in [3.8, 4) is 0 Å². The first-order valence-electron chi connectivity index (χ1n) is 5.81. The van der Waals surface area contributed by atoms with E-state index in [4.69, 9.17) is 5.11 Å². The molecule has 0 bridgehead atoms. The molecule has 0 saturated carbocycles. The monoisotopic (exact) mass is 284 g/mol. The number of nitrogens with zero attached hydrogens (tertiary/aromatic N) is 2. The van der Waals surface area contributed by atoms with Crippen molar-refractivity contribution in [2.75, 3.05) is 18.1 Å². The fraction of sp³-hybridized carbons (Fsp3) is 0.583. The van der Waals surface area contributed by atoms with Crippen molar-refractivity contribution >= 4 is 21.7 Å². The molecule has 2 heterocycles. The van der Waals surface area contributed by atoms with E-state index < -0.39 is 0 Å². The summed E-state index contributed by atoms with van der Waals surface area (Å²) in [5, 5.41) is 9.08. The van der Waals surface area contributed by atoms with Crippen LogP contribution in [0.5, 0.6) is 0 Å². The zero-order chi connectivity index (χ0) is 11.4. The molecule has 1 saturated heterocycles. The number of aliphatic hydroxyl groups excluding tert-OH is 1. The van der Waals surface area contributed by atoms with E-state index in [1.54, 1.807) is 0 Å². The summed E-state index contributed by atoms with van der Waals surface area (Å²) in [6, 6.07) is 6.44. The molecule has 0 radical (unpaired) electrons. The predicted molar refractivity (Wildman–Crippen MR) is 68.6 cm³/mol. The average molecular weight is 285 g/mol. The summed E-state index contributed by atoms with van der Waals surface area (Å²) in [5.41, 5.74) is 0. The SMILES string of the molecule is OCCC1CCCCN1c1cccc(Br)n1. The molecular weight excluding hydrogens is 268 g/mol. The topological polar surface area (TPSA) is 36.4 Å². The quantitative estimate of drug-likeness (QED) is 0.867. The van der Waals surface area contributed by atoms with Gasteiger partial charge in [0.1, 0.15) is 10.4 Å². The van der Waals surface area contributed by atoms with Crippen molar-refractivity contribution in [2.45, 2.75) is 31.7 Å². The second kappa shape index (κ2) is 5.64. The van der Waals surface area contributed by atoms with Gasteiger partial charge in [-0.1, -0.05) is 6.07 Å². The van der Waals surface area contributed by atoms with Crippen molar-refractivity contribution in [2.24, 2.45) is 0 Å². The van der Waals surface area contributed by atoms with Gasteiger partial charge < -0.3 is 10.0 Å². The number of piperidine rings is 1. The smallest absolute Gasteiger partial charge is 0.130 e. The maximum Gasteiger partial charge on any atom is 0.130 e. The molecule has 0 aliphatic carbocycles. The third kappa shape index (κ3) is 2.74. The zero-order valence-corrected chi connectivity index (χ0v) is 10.9. The normalized spacial score (nSPS) is 21.1. The van der Waals surface area contributed by atoms with Gasteiger partial charge in [0, 0.05) is 19.2 Å². The lowest BCUT2D eigenvalue weighted by atomic mass is 10.00. The van der Waals surface area contributed by atoms with Crippen LogP contribution < -0.4 is 4.90 Å². The van der Waals surface area contributed by atoms with Crippen LogP contribution in [0, 0.1) is 0 Å². The van der Waals surface area contributed by atoms with E-state index in [-0.39, 0.29) is 6.61 Å². The lowest BCUT2D eigenvalue weighted by Gasteiger charge is -2.36. The first-order chi connectivity index (χ1) is 7.81. The average Bonchev–Trinajstić information content (AvgIpc) is 2.30. The third-order valence-electron chi connectivity index (χ3n) is 3.08. The van der Waals surface area contributed by atoms with Gasteiger partial charge in [0.25, 0.3) is 0 Å². The molecular formula is C12H17BrN2O. The van der Waals surface area contributed by atoms with Crippen LogP contribution >= 0.6 is 15.9 Å². The lowest BCUT2D eigenvalue weighted by molar-refractivity contribution is 0.262. The van der Waals surface area contributed by atoms with Gasteiger partial charge in [0.2, 0.25) is 0 Å². The van der Waals surface area contributed by atoms with E-state index >= 15 is 0 Å². The molecule has 1 aliphatic heterocycles. The van der Waals surface area contributed by atoms with E-state index in [9.17, 15) is 0 Å². The van der Waals surface area contributed by atoms with Crippen molar-refractivity contribution in [1.29, 1.82) is 0 Å². The summed E-state index contributed by atoms with van der Waals surface area (Å²) in [5.74, 6) is 1.02. The van der Waals surface area contributed by atoms with Gasteiger partial charge in [0.15, 0.2) is 0 Å². The third-order valence-corrected chi connectivity index (χ3v) is 3.53. The maximum atomic E-state index is 9.08. The summed E-state index contributed by atoms with van der Waals surface area (Å²) in [4.78, 5) is 6.81. The molecule has 88 valence electrons. The highest BCUT2D eigenvalue weighted by atomic mass is 79.9. The maximum absolute atomic E-state index is 9.08. The van der Waals surface area contributed by atoms with E-state index in [2.05, 4.69) is 25.8 Å². The molecule has 2 rings (SSSR count). The lowest BCUT2D eigenvalue weighted by Crippen LogP contribution is -2.40. The summed E-state index contributed by atoms with van der Waals surface area (Å²) in [7, 11) is 0. The van der Waals surface area contributed by atoms with E-state index in [0.717, 1.165) is 29.8 Å². The molecule has 1 aromatic rings. The summed E-state index contributed by atoms with van der Waals surface area (Å²) in [6.07, 6.45) is 4.48. The van der Waals surface area contributed by atoms with Crippen LogP contribution in [0.1, 0.15) is 25.7 Å². The Labute approximate surface area is 105 Å². The minimum absolute atomic E-state index is 0.259. The summed E-state index contributed by atoms with van der Waals surface area (Å²) in [6.45, 7) is 1.31. The Kier molecular flexibility index (Phi) is 4.18. The Balaban J connectivity index is 2.16. The number of rotatable bonds is 3. The Bertz CT molecular complexity index is 344. The highest BCUT2D eigenvalue weighted by molar-refractivity contribution is 9.10. The van der Waals surface area contributed by atoms with Crippen LogP contribution in [0.3, 0.4) is 0 Å². The first-order valence-corrected chi connectivity index (χ1v) is 6.60. The van der Waals surface area contributed by atoms with Crippen LogP contribution in [0.4, 0.5) is 5.82 Å². The highest BCUT2D eigenvalue weighted by Gasteiger charge is 2.22. The number of hydrogen-bond acceptors (Lipinski definition) is 3. The first kappa shape index (κ1) is 11.9. The molecule has 1 aromatic heterocycles. The highest BCUT2D eigenvalue weighted by Crippen LogP contribution is 2.25. The van der Waals surface area contributed by atoms with Crippen LogP contribution in [0.15, 0.2) is 22.8 Å². The van der Waals surface area contributed by atoms with Gasteiger partial charge >= 0.3 is 0 Å². The number of hydrogen-bond donors (Lipinski definition) is 1. The molecule has 0 amide bonds. The van der Waals surface area contributed by atoms with Gasteiger partial charge in [-0.15, -0.1) is 0 Å². The van der Waals surface area contributed by atoms with Crippen LogP contribution in [-0.2, 0) is 0 Å². The number of aliphatic hydroxyl groups is 1. The number of pyridine rings is 1. The number of aromatic nitrogens is 1. The molecule has 1 N–H and O–H groups in total. The molecule has 0 spiro atoms. The minimum atomic E-state index is 0.259. The Morgan fingerprint density at radius 2 is 2.31 bits per heavy atom. The molecule has 16 heavy (non-hydrogen) atoms. The van der Waals surface area contributed by atoms with Crippen molar-refractivity contribution in [3.63, 3.8) is 0 Å². The minimum Gasteiger partial charge on any atom is -0.396 e. The van der Waals surface area contributed by atoms with Crippen LogP contribution in [0.25, 0.3) is 0 Å². The van der Waals surface area contributed by atoms with Crippen molar-refractivity contribution in [1.82, 2.24) is 4.98 Å². The predicted octanol–water partition coefficient (Wildman–Crippen LogP) is 2.59. The summed E-state index contributed by atoms with van der Waals surface area (Å²) < 4.78 is 0.873. The standard InChI is InChI=1S/C12H17BrN2O/c13-11-5-3-6-12(14-11)15-8-2-1-4-10(15)7-9-16/h3,5-6,10,16H,1-2,4,7-9H2. The molecule has 4 heteroatoms. The zero-order valence-electron chi connectivity index (χ0n) is 9.27.